The van der Waals surface area contributed by atoms with Crippen LogP contribution in [0.3, 0.4) is 0 Å². The molecule has 0 atom stereocenters. The third kappa shape index (κ3) is 2.84. The van der Waals surface area contributed by atoms with E-state index in [1.54, 1.807) is 24.4 Å². The highest BCUT2D eigenvalue weighted by molar-refractivity contribution is 6.38. The topological polar surface area (TPSA) is 75.4 Å². The minimum Gasteiger partial charge on any atom is -0.477 e. The van der Waals surface area contributed by atoms with Crippen LogP contribution in [0.5, 0.6) is 0 Å². The molecule has 0 radical (unpaired) electrons. The van der Waals surface area contributed by atoms with E-state index in [-0.39, 0.29) is 21.6 Å². The molecule has 0 bridgehead atoms. The fraction of sp³-hybridized carbons (Fsp3) is 0.211. The van der Waals surface area contributed by atoms with Crippen LogP contribution < -0.4 is 10.3 Å². The van der Waals surface area contributed by atoms with E-state index in [4.69, 9.17) is 11.6 Å². The van der Waals surface area contributed by atoms with Crippen LogP contribution in [0.25, 0.3) is 16.7 Å². The first-order valence-electron chi connectivity index (χ1n) is 8.46. The number of carbonyl (C=O) groups is 1. The zero-order valence-corrected chi connectivity index (χ0v) is 14.9. The van der Waals surface area contributed by atoms with E-state index in [0.29, 0.717) is 18.9 Å². The Morgan fingerprint density at radius 3 is 2.63 bits per heavy atom. The van der Waals surface area contributed by atoms with Gasteiger partial charge in [-0.3, -0.25) is 9.36 Å². The van der Waals surface area contributed by atoms with E-state index in [2.05, 4.69) is 4.98 Å². The van der Waals surface area contributed by atoms with Crippen LogP contribution in [0.2, 0.25) is 5.02 Å². The van der Waals surface area contributed by atoms with E-state index in [9.17, 15) is 19.1 Å². The number of anilines is 1. The number of aromatic nitrogens is 2. The number of hydrogen-bond acceptors (Lipinski definition) is 4. The van der Waals surface area contributed by atoms with Gasteiger partial charge in [-0.05, 0) is 31.0 Å². The summed E-state index contributed by atoms with van der Waals surface area (Å²) in [5, 5.41) is 9.38. The molecule has 27 heavy (non-hydrogen) atoms. The lowest BCUT2D eigenvalue weighted by molar-refractivity contribution is 0.0695. The second-order valence-corrected chi connectivity index (χ2v) is 6.72. The number of rotatable bonds is 3. The van der Waals surface area contributed by atoms with Crippen molar-refractivity contribution in [1.82, 2.24) is 9.55 Å². The SMILES string of the molecule is O=C(O)c1cn(-c2ccccn2)c2c(Cl)c(N3CCCC3)c(F)cc2c1=O. The molecule has 4 rings (SSSR count). The molecule has 1 N–H and O–H groups in total. The van der Waals surface area contributed by atoms with E-state index in [0.717, 1.165) is 18.9 Å². The third-order valence-corrected chi connectivity index (χ3v) is 5.06. The average molecular weight is 388 g/mol. The standard InChI is InChI=1S/C19H15ClFN3O3/c20-15-16-11(9-13(21)17(15)23-7-3-4-8-23)18(25)12(19(26)27)10-24(16)14-5-1-2-6-22-14/h1-2,5-6,9-10H,3-4,7-8H2,(H,26,27). The summed E-state index contributed by atoms with van der Waals surface area (Å²) < 4.78 is 16.3. The molecule has 0 unspecified atom stereocenters. The molecule has 1 aromatic carbocycles. The quantitative estimate of drug-likeness (QED) is 0.744. The molecule has 0 aliphatic carbocycles. The van der Waals surface area contributed by atoms with Gasteiger partial charge in [0.1, 0.15) is 17.2 Å². The highest BCUT2D eigenvalue weighted by Gasteiger charge is 2.25. The first-order chi connectivity index (χ1) is 13.0. The van der Waals surface area contributed by atoms with Crippen molar-refractivity contribution in [2.75, 3.05) is 18.0 Å². The Morgan fingerprint density at radius 1 is 1.26 bits per heavy atom. The number of aromatic carboxylic acids is 1. The van der Waals surface area contributed by atoms with Crippen LogP contribution in [0.4, 0.5) is 10.1 Å². The van der Waals surface area contributed by atoms with Crippen molar-refractivity contribution in [2.24, 2.45) is 0 Å². The van der Waals surface area contributed by atoms with Crippen LogP contribution in [-0.4, -0.2) is 33.7 Å². The number of hydrogen-bond donors (Lipinski definition) is 1. The molecule has 1 fully saturated rings. The maximum absolute atomic E-state index is 14.8. The van der Waals surface area contributed by atoms with Gasteiger partial charge < -0.3 is 10.0 Å². The smallest absolute Gasteiger partial charge is 0.341 e. The van der Waals surface area contributed by atoms with Gasteiger partial charge in [0, 0.05) is 25.5 Å². The lowest BCUT2D eigenvalue weighted by atomic mass is 10.1. The summed E-state index contributed by atoms with van der Waals surface area (Å²) in [5.74, 6) is -1.65. The number of halogens is 2. The van der Waals surface area contributed by atoms with Crippen LogP contribution in [0.15, 0.2) is 41.5 Å². The van der Waals surface area contributed by atoms with Crippen molar-refractivity contribution in [3.05, 3.63) is 63.3 Å². The summed E-state index contributed by atoms with van der Waals surface area (Å²) in [7, 11) is 0. The number of carboxylic acids is 1. The first kappa shape index (κ1) is 17.5. The minimum absolute atomic E-state index is 0.0755. The third-order valence-electron chi connectivity index (χ3n) is 4.71. The fourth-order valence-corrected chi connectivity index (χ4v) is 3.87. The predicted octanol–water partition coefficient (Wildman–Crippen LogP) is 3.48. The Bertz CT molecular complexity index is 1110. The zero-order valence-electron chi connectivity index (χ0n) is 14.2. The van der Waals surface area contributed by atoms with Crippen molar-refractivity contribution >= 4 is 34.2 Å². The average Bonchev–Trinajstić information content (AvgIpc) is 3.17. The fourth-order valence-electron chi connectivity index (χ4n) is 3.46. The lowest BCUT2D eigenvalue weighted by Gasteiger charge is -2.22. The molecular formula is C19H15ClFN3O3. The molecule has 1 aliphatic rings. The highest BCUT2D eigenvalue weighted by Crippen LogP contribution is 2.37. The van der Waals surface area contributed by atoms with Gasteiger partial charge in [0.2, 0.25) is 5.43 Å². The van der Waals surface area contributed by atoms with Gasteiger partial charge in [-0.2, -0.15) is 0 Å². The highest BCUT2D eigenvalue weighted by atomic mass is 35.5. The maximum atomic E-state index is 14.8. The van der Waals surface area contributed by atoms with Crippen molar-refractivity contribution in [3.8, 4) is 5.82 Å². The Morgan fingerprint density at radius 2 is 2.00 bits per heavy atom. The summed E-state index contributed by atoms with van der Waals surface area (Å²) in [5.41, 5.74) is -0.779. The molecule has 0 amide bonds. The van der Waals surface area contributed by atoms with Gasteiger partial charge in [-0.25, -0.2) is 14.2 Å². The zero-order chi connectivity index (χ0) is 19.1. The van der Waals surface area contributed by atoms with Crippen molar-refractivity contribution in [2.45, 2.75) is 12.8 Å². The Hall–Kier alpha value is -2.93. The molecule has 1 saturated heterocycles. The van der Waals surface area contributed by atoms with Gasteiger partial charge >= 0.3 is 5.97 Å². The van der Waals surface area contributed by atoms with E-state index in [1.807, 2.05) is 4.90 Å². The normalized spacial score (nSPS) is 14.1. The molecule has 8 heteroatoms. The van der Waals surface area contributed by atoms with E-state index >= 15 is 0 Å². The van der Waals surface area contributed by atoms with Crippen LogP contribution in [0, 0.1) is 5.82 Å². The molecule has 0 spiro atoms. The van der Waals surface area contributed by atoms with Gasteiger partial charge in [0.25, 0.3) is 0 Å². The molecular weight excluding hydrogens is 373 g/mol. The summed E-state index contributed by atoms with van der Waals surface area (Å²) >= 11 is 6.57. The number of nitrogens with zero attached hydrogens (tertiary/aromatic N) is 3. The molecule has 1 aliphatic heterocycles. The Kier molecular flexibility index (Phi) is 4.31. The molecule has 3 aromatic rings. The predicted molar refractivity (Wildman–Crippen MR) is 101 cm³/mol. The minimum atomic E-state index is -1.40. The number of pyridine rings is 2. The van der Waals surface area contributed by atoms with Crippen LogP contribution in [-0.2, 0) is 0 Å². The number of fused-ring (bicyclic) bond motifs is 1. The molecule has 0 saturated carbocycles. The van der Waals surface area contributed by atoms with Gasteiger partial charge in [-0.15, -0.1) is 0 Å². The monoisotopic (exact) mass is 387 g/mol. The first-order valence-corrected chi connectivity index (χ1v) is 8.84. The number of carboxylic acid groups (broad SMARTS) is 1. The Labute approximate surface area is 158 Å². The van der Waals surface area contributed by atoms with E-state index in [1.165, 1.54) is 10.8 Å². The molecule has 6 nitrogen and oxygen atoms in total. The summed E-state index contributed by atoms with van der Waals surface area (Å²) in [6.07, 6.45) is 4.59. The van der Waals surface area contributed by atoms with Gasteiger partial charge in [0.05, 0.1) is 21.6 Å². The summed E-state index contributed by atoms with van der Waals surface area (Å²) in [4.78, 5) is 30.2. The van der Waals surface area contributed by atoms with E-state index < -0.39 is 22.8 Å². The summed E-state index contributed by atoms with van der Waals surface area (Å²) in [6.45, 7) is 1.34. The van der Waals surface area contributed by atoms with Crippen molar-refractivity contribution in [1.29, 1.82) is 0 Å². The van der Waals surface area contributed by atoms with Crippen molar-refractivity contribution in [3.63, 3.8) is 0 Å². The maximum Gasteiger partial charge on any atom is 0.341 e. The Balaban J connectivity index is 2.13. The second kappa shape index (κ2) is 6.66. The molecule has 138 valence electrons. The van der Waals surface area contributed by atoms with Crippen LogP contribution in [0.1, 0.15) is 23.2 Å². The van der Waals surface area contributed by atoms with Gasteiger partial charge in [-0.1, -0.05) is 17.7 Å². The van der Waals surface area contributed by atoms with Crippen molar-refractivity contribution < 1.29 is 14.3 Å². The van der Waals surface area contributed by atoms with Gasteiger partial charge in [0.15, 0.2) is 0 Å². The number of benzene rings is 1. The van der Waals surface area contributed by atoms with Crippen LogP contribution >= 0.6 is 11.6 Å². The molecule has 3 heterocycles. The molecule has 2 aromatic heterocycles. The largest absolute Gasteiger partial charge is 0.477 e. The second-order valence-electron chi connectivity index (χ2n) is 6.35. The lowest BCUT2D eigenvalue weighted by Crippen LogP contribution is -2.22. The summed E-state index contributed by atoms with van der Waals surface area (Å²) in [6, 6.07) is 6.17.